The molecule has 0 spiro atoms. The van der Waals surface area contributed by atoms with Crippen LogP contribution >= 0.6 is 0 Å². The Hall–Kier alpha value is -3.19. The minimum Gasteiger partial charge on any atom is -0.393 e. The van der Waals surface area contributed by atoms with E-state index in [1.54, 1.807) is 6.20 Å². The largest absolute Gasteiger partial charge is 0.393 e. The van der Waals surface area contributed by atoms with Crippen LogP contribution in [0.25, 0.3) is 22.1 Å². The lowest BCUT2D eigenvalue weighted by atomic mass is 10.1. The van der Waals surface area contributed by atoms with E-state index in [0.717, 1.165) is 42.8 Å². The first-order valence-corrected chi connectivity index (χ1v) is 10.0. The second kappa shape index (κ2) is 7.33. The number of nitrogens with zero attached hydrogens (tertiary/aromatic N) is 4. The first kappa shape index (κ1) is 17.9. The van der Waals surface area contributed by atoms with Gasteiger partial charge in [0.05, 0.1) is 12.3 Å². The van der Waals surface area contributed by atoms with E-state index >= 15 is 0 Å². The molecular formula is C22H24N6O. The number of fused-ring (bicyclic) bond motifs is 2. The van der Waals surface area contributed by atoms with Crippen molar-refractivity contribution in [1.82, 2.24) is 19.9 Å². The maximum atomic E-state index is 9.72. The average molecular weight is 388 g/mol. The summed E-state index contributed by atoms with van der Waals surface area (Å²) in [5.74, 6) is 1.60. The van der Waals surface area contributed by atoms with Gasteiger partial charge in [-0.15, -0.1) is 0 Å². The molecule has 148 valence electrons. The molecule has 1 fully saturated rings. The molecule has 1 aliphatic heterocycles. The van der Waals surface area contributed by atoms with Crippen molar-refractivity contribution < 1.29 is 5.11 Å². The molecule has 0 aliphatic carbocycles. The number of pyridine rings is 1. The standard InChI is InChI=1S/C22H24N6O/c1-14-11-23-17-4-2-3-15(21(14)17)12-25-19-13-24-18-5-6-20(27-22(18)26-19)28-9-7-16(29)8-10-28/h2-6,11,13,16,23,29H,7-10,12H2,1H3,(H,25,26,27). The van der Waals surface area contributed by atoms with Crippen molar-refractivity contribution in [1.29, 1.82) is 0 Å². The number of hydrogen-bond donors (Lipinski definition) is 3. The zero-order valence-electron chi connectivity index (χ0n) is 16.4. The lowest BCUT2D eigenvalue weighted by Gasteiger charge is -2.30. The number of piperidine rings is 1. The number of hydrogen-bond acceptors (Lipinski definition) is 6. The first-order valence-electron chi connectivity index (χ1n) is 10.0. The van der Waals surface area contributed by atoms with Gasteiger partial charge >= 0.3 is 0 Å². The van der Waals surface area contributed by atoms with Crippen molar-refractivity contribution in [2.24, 2.45) is 0 Å². The molecule has 0 saturated carbocycles. The van der Waals surface area contributed by atoms with E-state index in [1.807, 2.05) is 18.3 Å². The highest BCUT2D eigenvalue weighted by molar-refractivity contribution is 5.86. The van der Waals surface area contributed by atoms with Crippen molar-refractivity contribution in [3.05, 3.63) is 53.9 Å². The summed E-state index contributed by atoms with van der Waals surface area (Å²) in [4.78, 5) is 19.4. The van der Waals surface area contributed by atoms with Crippen molar-refractivity contribution in [3.8, 4) is 0 Å². The molecule has 4 heterocycles. The number of anilines is 2. The summed E-state index contributed by atoms with van der Waals surface area (Å²) in [6.45, 7) is 4.40. The molecule has 29 heavy (non-hydrogen) atoms. The van der Waals surface area contributed by atoms with Crippen molar-refractivity contribution in [2.75, 3.05) is 23.3 Å². The number of aromatic amines is 1. The number of nitrogens with one attached hydrogen (secondary N) is 2. The second-order valence-corrected chi connectivity index (χ2v) is 7.65. The minimum atomic E-state index is -0.199. The zero-order chi connectivity index (χ0) is 19.8. The number of aromatic nitrogens is 4. The summed E-state index contributed by atoms with van der Waals surface area (Å²) in [6.07, 6.45) is 5.14. The summed E-state index contributed by atoms with van der Waals surface area (Å²) < 4.78 is 0. The van der Waals surface area contributed by atoms with Gasteiger partial charge in [-0.05, 0) is 49.1 Å². The number of H-pyrrole nitrogens is 1. The summed E-state index contributed by atoms with van der Waals surface area (Å²) in [5.41, 5.74) is 5.01. The van der Waals surface area contributed by atoms with Crippen LogP contribution in [-0.2, 0) is 6.54 Å². The lowest BCUT2D eigenvalue weighted by molar-refractivity contribution is 0.145. The zero-order valence-corrected chi connectivity index (χ0v) is 16.4. The summed E-state index contributed by atoms with van der Waals surface area (Å²) in [6, 6.07) is 10.2. The van der Waals surface area contributed by atoms with Gasteiger partial charge in [-0.2, -0.15) is 0 Å². The van der Waals surface area contributed by atoms with Gasteiger partial charge in [-0.25, -0.2) is 15.0 Å². The molecule has 1 saturated heterocycles. The maximum Gasteiger partial charge on any atom is 0.182 e. The van der Waals surface area contributed by atoms with Gasteiger partial charge < -0.3 is 20.3 Å². The fourth-order valence-corrected chi connectivity index (χ4v) is 4.02. The molecule has 0 bridgehead atoms. The van der Waals surface area contributed by atoms with E-state index in [1.165, 1.54) is 16.5 Å². The van der Waals surface area contributed by atoms with Crippen LogP contribution in [0.15, 0.2) is 42.7 Å². The molecular weight excluding hydrogens is 364 g/mol. The van der Waals surface area contributed by atoms with Crippen LogP contribution in [0.5, 0.6) is 0 Å². The Balaban J connectivity index is 1.38. The van der Waals surface area contributed by atoms with Crippen LogP contribution in [0.4, 0.5) is 11.6 Å². The Morgan fingerprint density at radius 2 is 2.03 bits per heavy atom. The summed E-state index contributed by atoms with van der Waals surface area (Å²) in [5, 5.41) is 14.4. The molecule has 0 atom stereocenters. The van der Waals surface area contributed by atoms with Gasteiger partial charge in [0.2, 0.25) is 0 Å². The van der Waals surface area contributed by atoms with E-state index in [9.17, 15) is 5.11 Å². The topological polar surface area (TPSA) is 90.0 Å². The van der Waals surface area contributed by atoms with Crippen LogP contribution in [0.1, 0.15) is 24.0 Å². The molecule has 7 heteroatoms. The van der Waals surface area contributed by atoms with Gasteiger partial charge in [0.25, 0.3) is 0 Å². The molecule has 3 N–H and O–H groups in total. The Kier molecular flexibility index (Phi) is 4.52. The molecule has 7 nitrogen and oxygen atoms in total. The Morgan fingerprint density at radius 3 is 2.90 bits per heavy atom. The highest BCUT2D eigenvalue weighted by Gasteiger charge is 2.18. The summed E-state index contributed by atoms with van der Waals surface area (Å²) >= 11 is 0. The number of aryl methyl sites for hydroxylation is 1. The predicted octanol–water partition coefficient (Wildman–Crippen LogP) is 3.39. The van der Waals surface area contributed by atoms with Crippen LogP contribution in [0.3, 0.4) is 0 Å². The number of aliphatic hydroxyl groups excluding tert-OH is 1. The smallest absolute Gasteiger partial charge is 0.182 e. The lowest BCUT2D eigenvalue weighted by Crippen LogP contribution is -2.36. The number of benzene rings is 1. The van der Waals surface area contributed by atoms with Crippen LogP contribution in [-0.4, -0.2) is 44.2 Å². The van der Waals surface area contributed by atoms with E-state index in [4.69, 9.17) is 4.98 Å². The van der Waals surface area contributed by atoms with Gasteiger partial charge in [0, 0.05) is 36.7 Å². The first-order chi connectivity index (χ1) is 14.2. The van der Waals surface area contributed by atoms with Gasteiger partial charge in [-0.1, -0.05) is 12.1 Å². The normalized spacial score (nSPS) is 15.3. The quantitative estimate of drug-likeness (QED) is 0.497. The molecule has 1 aliphatic rings. The van der Waals surface area contributed by atoms with Gasteiger partial charge in [-0.3, -0.25) is 0 Å². The van der Waals surface area contributed by atoms with Crippen LogP contribution in [0, 0.1) is 6.92 Å². The number of rotatable bonds is 4. The summed E-state index contributed by atoms with van der Waals surface area (Å²) in [7, 11) is 0. The van der Waals surface area contributed by atoms with E-state index in [-0.39, 0.29) is 6.10 Å². The van der Waals surface area contributed by atoms with Gasteiger partial charge in [0.15, 0.2) is 5.65 Å². The number of aliphatic hydroxyl groups is 1. The van der Waals surface area contributed by atoms with E-state index in [0.29, 0.717) is 18.0 Å². The minimum absolute atomic E-state index is 0.199. The van der Waals surface area contributed by atoms with Crippen molar-refractivity contribution >= 4 is 33.7 Å². The maximum absolute atomic E-state index is 9.72. The highest BCUT2D eigenvalue weighted by atomic mass is 16.3. The molecule has 5 rings (SSSR count). The molecule has 0 radical (unpaired) electrons. The third-order valence-corrected chi connectivity index (χ3v) is 5.63. The van der Waals surface area contributed by atoms with E-state index < -0.39 is 0 Å². The second-order valence-electron chi connectivity index (χ2n) is 7.65. The SMILES string of the molecule is Cc1c[nH]c2cccc(CNc3cnc4ccc(N5CCC(O)CC5)nc4n3)c12. The molecule has 0 amide bonds. The Labute approximate surface area is 168 Å². The average Bonchev–Trinajstić information content (AvgIpc) is 3.14. The predicted molar refractivity (Wildman–Crippen MR) is 115 cm³/mol. The molecule has 3 aromatic heterocycles. The van der Waals surface area contributed by atoms with Crippen LogP contribution < -0.4 is 10.2 Å². The molecule has 1 aromatic carbocycles. The Bertz CT molecular complexity index is 1160. The highest BCUT2D eigenvalue weighted by Crippen LogP contribution is 2.24. The van der Waals surface area contributed by atoms with Crippen molar-refractivity contribution in [3.63, 3.8) is 0 Å². The fraction of sp³-hybridized carbons (Fsp3) is 0.318. The van der Waals surface area contributed by atoms with Gasteiger partial charge in [0.1, 0.15) is 17.2 Å². The van der Waals surface area contributed by atoms with Crippen molar-refractivity contribution in [2.45, 2.75) is 32.4 Å². The Morgan fingerprint density at radius 1 is 1.17 bits per heavy atom. The monoisotopic (exact) mass is 388 g/mol. The fourth-order valence-electron chi connectivity index (χ4n) is 4.02. The molecule has 4 aromatic rings. The third kappa shape index (κ3) is 3.49. The van der Waals surface area contributed by atoms with Crippen LogP contribution in [0.2, 0.25) is 0 Å². The molecule has 0 unspecified atom stereocenters. The van der Waals surface area contributed by atoms with E-state index in [2.05, 4.69) is 50.3 Å². The third-order valence-electron chi connectivity index (χ3n) is 5.63.